The molecule has 17 heavy (non-hydrogen) atoms. The number of hydrogen-bond acceptors (Lipinski definition) is 3. The first-order valence-electron chi connectivity index (χ1n) is 5.74. The molecule has 0 aromatic heterocycles. The molecule has 0 saturated carbocycles. The van der Waals surface area contributed by atoms with Crippen molar-refractivity contribution in [2.24, 2.45) is 5.73 Å². The van der Waals surface area contributed by atoms with Gasteiger partial charge in [-0.15, -0.1) is 0 Å². The number of halogens is 1. The molecule has 1 rings (SSSR count). The Kier molecular flexibility index (Phi) is 5.43. The number of hydrogen-bond donors (Lipinski definition) is 1. The fourth-order valence-corrected chi connectivity index (χ4v) is 2.36. The molecule has 0 bridgehead atoms. The van der Waals surface area contributed by atoms with Crippen molar-refractivity contribution in [1.82, 2.24) is 0 Å². The van der Waals surface area contributed by atoms with E-state index in [-0.39, 0.29) is 6.04 Å². The third kappa shape index (κ3) is 3.69. The summed E-state index contributed by atoms with van der Waals surface area (Å²) in [6, 6.07) is 6.63. The fourth-order valence-electron chi connectivity index (χ4n) is 1.68. The molecule has 2 atom stereocenters. The van der Waals surface area contributed by atoms with Crippen LogP contribution in [0.5, 0.6) is 0 Å². The van der Waals surface area contributed by atoms with E-state index in [1.54, 1.807) is 7.11 Å². The Balaban J connectivity index is 2.91. The molecule has 0 aliphatic carbocycles. The molecular weight excluding hydrogens is 280 g/mol. The highest BCUT2D eigenvalue weighted by Crippen LogP contribution is 2.29. The number of likely N-dealkylation sites (N-methyl/N-ethyl adjacent to an activating group) is 1. The van der Waals surface area contributed by atoms with E-state index in [4.69, 9.17) is 10.5 Å². The smallest absolute Gasteiger partial charge is 0.0663 e. The van der Waals surface area contributed by atoms with E-state index < -0.39 is 0 Å². The van der Waals surface area contributed by atoms with Gasteiger partial charge in [-0.3, -0.25) is 0 Å². The summed E-state index contributed by atoms with van der Waals surface area (Å²) in [7, 11) is 3.79. The monoisotopic (exact) mass is 300 g/mol. The van der Waals surface area contributed by atoms with Gasteiger partial charge >= 0.3 is 0 Å². The first kappa shape index (κ1) is 14.5. The van der Waals surface area contributed by atoms with Crippen molar-refractivity contribution in [3.8, 4) is 0 Å². The van der Waals surface area contributed by atoms with Crippen LogP contribution in [-0.4, -0.2) is 26.8 Å². The fraction of sp³-hybridized carbons (Fsp3) is 0.538. The summed E-state index contributed by atoms with van der Waals surface area (Å²) in [6.45, 7) is 4.83. The normalized spacial score (nSPS) is 14.5. The van der Waals surface area contributed by atoms with Crippen molar-refractivity contribution in [3.05, 3.63) is 28.2 Å². The number of methoxy groups -OCH3 is 1. The Morgan fingerprint density at radius 2 is 2.06 bits per heavy atom. The van der Waals surface area contributed by atoms with Crippen LogP contribution in [0, 0.1) is 0 Å². The summed E-state index contributed by atoms with van der Waals surface area (Å²) in [6.07, 6.45) is 0. The van der Waals surface area contributed by atoms with Gasteiger partial charge in [0.2, 0.25) is 0 Å². The highest BCUT2D eigenvalue weighted by atomic mass is 79.9. The Morgan fingerprint density at radius 1 is 1.41 bits per heavy atom. The van der Waals surface area contributed by atoms with Crippen molar-refractivity contribution in [2.75, 3.05) is 25.7 Å². The van der Waals surface area contributed by atoms with E-state index in [1.807, 2.05) is 6.92 Å². The van der Waals surface area contributed by atoms with E-state index in [0.717, 1.165) is 15.7 Å². The minimum absolute atomic E-state index is 0.0575. The quantitative estimate of drug-likeness (QED) is 0.909. The lowest BCUT2D eigenvalue weighted by Gasteiger charge is -2.27. The minimum Gasteiger partial charge on any atom is -0.383 e. The highest BCUT2D eigenvalue weighted by Gasteiger charge is 2.13. The number of anilines is 1. The maximum Gasteiger partial charge on any atom is 0.0663 e. The average Bonchev–Trinajstić information content (AvgIpc) is 2.28. The summed E-state index contributed by atoms with van der Waals surface area (Å²) in [5.74, 6) is 0. The molecule has 3 nitrogen and oxygen atoms in total. The van der Waals surface area contributed by atoms with Crippen molar-refractivity contribution < 1.29 is 4.74 Å². The van der Waals surface area contributed by atoms with Crippen LogP contribution in [0.25, 0.3) is 0 Å². The van der Waals surface area contributed by atoms with Crippen molar-refractivity contribution >= 4 is 21.6 Å². The largest absolute Gasteiger partial charge is 0.383 e. The second-order valence-electron chi connectivity index (χ2n) is 4.41. The van der Waals surface area contributed by atoms with Crippen LogP contribution in [0.15, 0.2) is 22.7 Å². The van der Waals surface area contributed by atoms with Crippen LogP contribution < -0.4 is 10.6 Å². The van der Waals surface area contributed by atoms with Gasteiger partial charge in [0.25, 0.3) is 0 Å². The van der Waals surface area contributed by atoms with E-state index in [9.17, 15) is 0 Å². The molecule has 0 heterocycles. The SMILES string of the molecule is COCC(C)N(C)c1ccc(C(C)N)cc1Br. The number of benzene rings is 1. The van der Waals surface area contributed by atoms with Crippen molar-refractivity contribution in [2.45, 2.75) is 25.9 Å². The first-order chi connectivity index (χ1) is 7.97. The Hall–Kier alpha value is -0.580. The summed E-state index contributed by atoms with van der Waals surface area (Å²) in [5.41, 5.74) is 8.15. The lowest BCUT2D eigenvalue weighted by atomic mass is 10.1. The maximum atomic E-state index is 5.86. The number of nitrogens with zero attached hydrogens (tertiary/aromatic N) is 1. The third-order valence-electron chi connectivity index (χ3n) is 2.95. The molecule has 2 N–H and O–H groups in total. The zero-order valence-electron chi connectivity index (χ0n) is 10.9. The molecule has 0 saturated heterocycles. The third-order valence-corrected chi connectivity index (χ3v) is 3.58. The summed E-state index contributed by atoms with van der Waals surface area (Å²) in [5, 5.41) is 0. The average molecular weight is 301 g/mol. The van der Waals surface area contributed by atoms with Gasteiger partial charge in [-0.1, -0.05) is 6.07 Å². The van der Waals surface area contributed by atoms with Crippen LogP contribution in [0.3, 0.4) is 0 Å². The van der Waals surface area contributed by atoms with Crippen LogP contribution in [0.2, 0.25) is 0 Å². The number of rotatable bonds is 5. The van der Waals surface area contributed by atoms with Gasteiger partial charge in [0, 0.05) is 30.7 Å². The molecule has 1 aromatic carbocycles. The number of nitrogens with two attached hydrogens (primary N) is 1. The molecule has 96 valence electrons. The van der Waals surface area contributed by atoms with Gasteiger partial charge in [-0.05, 0) is 47.5 Å². The number of ether oxygens (including phenoxy) is 1. The van der Waals surface area contributed by atoms with E-state index in [0.29, 0.717) is 12.6 Å². The van der Waals surface area contributed by atoms with E-state index >= 15 is 0 Å². The Morgan fingerprint density at radius 3 is 2.53 bits per heavy atom. The molecule has 0 radical (unpaired) electrons. The topological polar surface area (TPSA) is 38.5 Å². The predicted molar refractivity (Wildman–Crippen MR) is 76.5 cm³/mol. The molecular formula is C13H21BrN2O. The summed E-state index contributed by atoms with van der Waals surface area (Å²) < 4.78 is 6.24. The van der Waals surface area contributed by atoms with Gasteiger partial charge in [-0.25, -0.2) is 0 Å². The maximum absolute atomic E-state index is 5.86. The molecule has 1 aromatic rings. The standard InChI is InChI=1S/C13H21BrN2O/c1-9(8-17-4)16(3)13-6-5-11(10(2)15)7-12(13)14/h5-7,9-10H,8,15H2,1-4H3. The van der Waals surface area contributed by atoms with Gasteiger partial charge in [0.05, 0.1) is 12.3 Å². The molecule has 0 spiro atoms. The van der Waals surface area contributed by atoms with E-state index in [1.165, 1.54) is 0 Å². The molecule has 0 amide bonds. The van der Waals surface area contributed by atoms with Gasteiger partial charge < -0.3 is 15.4 Å². The molecule has 0 fully saturated rings. The second-order valence-corrected chi connectivity index (χ2v) is 5.27. The molecule has 0 aliphatic rings. The van der Waals surface area contributed by atoms with E-state index in [2.05, 4.69) is 53.0 Å². The van der Waals surface area contributed by atoms with Gasteiger partial charge in [0.1, 0.15) is 0 Å². The summed E-state index contributed by atoms with van der Waals surface area (Å²) >= 11 is 3.60. The summed E-state index contributed by atoms with van der Waals surface area (Å²) in [4.78, 5) is 2.19. The minimum atomic E-state index is 0.0575. The lowest BCUT2D eigenvalue weighted by Crippen LogP contribution is -2.32. The van der Waals surface area contributed by atoms with Crippen LogP contribution >= 0.6 is 15.9 Å². The van der Waals surface area contributed by atoms with Crippen LogP contribution in [0.1, 0.15) is 25.5 Å². The van der Waals surface area contributed by atoms with Gasteiger partial charge in [-0.2, -0.15) is 0 Å². The van der Waals surface area contributed by atoms with Crippen LogP contribution in [0.4, 0.5) is 5.69 Å². The van der Waals surface area contributed by atoms with Crippen molar-refractivity contribution in [1.29, 1.82) is 0 Å². The lowest BCUT2D eigenvalue weighted by molar-refractivity contribution is 0.183. The van der Waals surface area contributed by atoms with Gasteiger partial charge in [0.15, 0.2) is 0 Å². The highest BCUT2D eigenvalue weighted by molar-refractivity contribution is 9.10. The zero-order chi connectivity index (χ0) is 13.0. The first-order valence-corrected chi connectivity index (χ1v) is 6.53. The van der Waals surface area contributed by atoms with Crippen molar-refractivity contribution in [3.63, 3.8) is 0 Å². The Bertz CT molecular complexity index is 368. The molecule has 0 aliphatic heterocycles. The second kappa shape index (κ2) is 6.38. The van der Waals surface area contributed by atoms with Crippen LogP contribution in [-0.2, 0) is 4.74 Å². The molecule has 4 heteroatoms. The zero-order valence-corrected chi connectivity index (χ0v) is 12.5. The molecule has 2 unspecified atom stereocenters. The Labute approximate surface area is 112 Å². The predicted octanol–water partition coefficient (Wildman–Crippen LogP) is 2.94.